The highest BCUT2D eigenvalue weighted by Gasteiger charge is 2.42. The Morgan fingerprint density at radius 3 is 2.24 bits per heavy atom. The molecule has 2 N–H and O–H groups in total. The minimum absolute atomic E-state index is 0.241. The van der Waals surface area contributed by atoms with Crippen molar-refractivity contribution >= 4 is 5.91 Å². The van der Waals surface area contributed by atoms with Gasteiger partial charge in [-0.25, -0.2) is 0 Å². The van der Waals surface area contributed by atoms with Gasteiger partial charge in [-0.05, 0) is 25.7 Å². The molecule has 2 unspecified atom stereocenters. The Morgan fingerprint density at radius 1 is 1.29 bits per heavy atom. The molecule has 0 spiro atoms. The van der Waals surface area contributed by atoms with Crippen molar-refractivity contribution in [2.45, 2.75) is 51.7 Å². The summed E-state index contributed by atoms with van der Waals surface area (Å²) in [5, 5.41) is 0. The monoisotopic (exact) mass is 240 g/mol. The minimum Gasteiger partial charge on any atom is -0.371 e. The molecule has 1 amide bonds. The summed E-state index contributed by atoms with van der Waals surface area (Å²) in [5.41, 5.74) is 5.49. The zero-order chi connectivity index (χ0) is 12.5. The van der Waals surface area contributed by atoms with Crippen molar-refractivity contribution in [3.05, 3.63) is 0 Å². The zero-order valence-corrected chi connectivity index (χ0v) is 10.9. The predicted octanol–water partition coefficient (Wildman–Crippen LogP) is 1.14. The summed E-state index contributed by atoms with van der Waals surface area (Å²) >= 11 is 0. The lowest BCUT2D eigenvalue weighted by molar-refractivity contribution is -0.150. The van der Waals surface area contributed by atoms with Gasteiger partial charge in [0.25, 0.3) is 0 Å². The van der Waals surface area contributed by atoms with Crippen LogP contribution in [0.3, 0.4) is 0 Å². The molecule has 0 saturated carbocycles. The minimum atomic E-state index is -0.350. The van der Waals surface area contributed by atoms with Gasteiger partial charge in [-0.3, -0.25) is 4.79 Å². The van der Waals surface area contributed by atoms with Gasteiger partial charge in [-0.2, -0.15) is 0 Å². The Bertz CT molecular complexity index is 269. The number of ether oxygens (including phenoxy) is 1. The number of hydrogen-bond acceptors (Lipinski definition) is 3. The number of amides is 1. The van der Waals surface area contributed by atoms with E-state index in [1.165, 1.54) is 0 Å². The second-order valence-electron chi connectivity index (χ2n) is 5.36. The first kappa shape index (κ1) is 12.8. The third kappa shape index (κ3) is 2.20. The lowest BCUT2D eigenvalue weighted by Crippen LogP contribution is -2.53. The molecule has 4 nitrogen and oxygen atoms in total. The Morgan fingerprint density at radius 2 is 1.82 bits per heavy atom. The number of morpholine rings is 1. The first-order chi connectivity index (χ1) is 8.15. The van der Waals surface area contributed by atoms with Gasteiger partial charge in [0.05, 0.1) is 17.6 Å². The quantitative estimate of drug-likeness (QED) is 0.801. The lowest BCUT2D eigenvalue weighted by Gasteiger charge is -2.39. The first-order valence-corrected chi connectivity index (χ1v) is 6.80. The Hall–Kier alpha value is -0.610. The molecule has 0 aromatic heterocycles. The number of nitrogens with zero attached hydrogens (tertiary/aromatic N) is 1. The van der Waals surface area contributed by atoms with E-state index in [9.17, 15) is 4.79 Å². The summed E-state index contributed by atoms with van der Waals surface area (Å²) in [6.45, 7) is 6.09. The fraction of sp³-hybridized carbons (Fsp3) is 0.923. The average Bonchev–Trinajstić information content (AvgIpc) is 2.71. The molecule has 0 aromatic rings. The van der Waals surface area contributed by atoms with Crippen LogP contribution in [-0.2, 0) is 9.53 Å². The van der Waals surface area contributed by atoms with Gasteiger partial charge in [-0.1, -0.05) is 13.8 Å². The van der Waals surface area contributed by atoms with E-state index in [2.05, 4.69) is 13.8 Å². The predicted molar refractivity (Wildman–Crippen MR) is 66.5 cm³/mol. The standard InChI is InChI=1S/C13H24N2O2/c1-3-13(4-2,9-14)12(16)15-7-10-5-6-11(8-15)17-10/h10-11H,3-9,14H2,1-2H3. The molecule has 98 valence electrons. The maximum absolute atomic E-state index is 12.6. The molecule has 2 atom stereocenters. The van der Waals surface area contributed by atoms with Crippen LogP contribution in [0.1, 0.15) is 39.5 Å². The van der Waals surface area contributed by atoms with Crippen LogP contribution in [0.5, 0.6) is 0 Å². The Balaban J connectivity index is 2.08. The molecule has 2 aliphatic heterocycles. The third-order valence-corrected chi connectivity index (χ3v) is 4.53. The molecule has 17 heavy (non-hydrogen) atoms. The number of carbonyl (C=O) groups excluding carboxylic acids is 1. The van der Waals surface area contributed by atoms with Crippen LogP contribution in [0, 0.1) is 5.41 Å². The molecule has 0 aliphatic carbocycles. The Labute approximate surface area is 103 Å². The fourth-order valence-electron chi connectivity index (χ4n) is 3.04. The maximum Gasteiger partial charge on any atom is 0.230 e. The van der Waals surface area contributed by atoms with Crippen molar-refractivity contribution in [3.63, 3.8) is 0 Å². The number of likely N-dealkylation sites (tertiary alicyclic amines) is 1. The second kappa shape index (κ2) is 4.94. The smallest absolute Gasteiger partial charge is 0.230 e. The van der Waals surface area contributed by atoms with E-state index in [0.717, 1.165) is 38.8 Å². The molecule has 0 aromatic carbocycles. The molecule has 2 fully saturated rings. The average molecular weight is 240 g/mol. The highest BCUT2D eigenvalue weighted by Crippen LogP contribution is 2.32. The van der Waals surface area contributed by atoms with Gasteiger partial charge in [-0.15, -0.1) is 0 Å². The number of hydrogen-bond donors (Lipinski definition) is 1. The maximum atomic E-state index is 12.6. The van der Waals surface area contributed by atoms with Crippen LogP contribution in [0.2, 0.25) is 0 Å². The summed E-state index contributed by atoms with van der Waals surface area (Å²) < 4.78 is 5.77. The number of nitrogens with two attached hydrogens (primary N) is 1. The molecule has 2 heterocycles. The van der Waals surface area contributed by atoms with Crippen LogP contribution >= 0.6 is 0 Å². The van der Waals surface area contributed by atoms with Gasteiger partial charge < -0.3 is 15.4 Å². The van der Waals surface area contributed by atoms with Crippen LogP contribution < -0.4 is 5.73 Å². The third-order valence-electron chi connectivity index (χ3n) is 4.53. The van der Waals surface area contributed by atoms with Crippen LogP contribution in [0.25, 0.3) is 0 Å². The van der Waals surface area contributed by atoms with Gasteiger partial charge in [0.2, 0.25) is 5.91 Å². The van der Waals surface area contributed by atoms with E-state index < -0.39 is 0 Å². The second-order valence-corrected chi connectivity index (χ2v) is 5.36. The topological polar surface area (TPSA) is 55.6 Å². The Kier molecular flexibility index (Phi) is 3.73. The summed E-state index contributed by atoms with van der Waals surface area (Å²) in [5.74, 6) is 0.241. The molecule has 2 bridgehead atoms. The van der Waals surface area contributed by atoms with Crippen molar-refractivity contribution < 1.29 is 9.53 Å². The highest BCUT2D eigenvalue weighted by molar-refractivity contribution is 5.83. The molecule has 2 saturated heterocycles. The zero-order valence-electron chi connectivity index (χ0n) is 10.9. The van der Waals surface area contributed by atoms with Gasteiger partial charge in [0, 0.05) is 19.6 Å². The molecule has 2 rings (SSSR count). The SMILES string of the molecule is CCC(CC)(CN)C(=O)N1CC2CCC(C1)O2. The van der Waals surface area contributed by atoms with E-state index in [1.807, 2.05) is 4.90 Å². The molecular formula is C13H24N2O2. The van der Waals surface area contributed by atoms with Crippen LogP contribution in [0.4, 0.5) is 0 Å². The van der Waals surface area contributed by atoms with Crippen molar-refractivity contribution in [2.24, 2.45) is 11.1 Å². The van der Waals surface area contributed by atoms with E-state index in [1.54, 1.807) is 0 Å². The number of carbonyl (C=O) groups is 1. The van der Waals surface area contributed by atoms with Crippen molar-refractivity contribution in [2.75, 3.05) is 19.6 Å². The molecule has 2 aliphatic rings. The number of fused-ring (bicyclic) bond motifs is 2. The van der Waals surface area contributed by atoms with Gasteiger partial charge in [0.15, 0.2) is 0 Å². The highest BCUT2D eigenvalue weighted by atomic mass is 16.5. The van der Waals surface area contributed by atoms with Crippen molar-refractivity contribution in [3.8, 4) is 0 Å². The van der Waals surface area contributed by atoms with Crippen molar-refractivity contribution in [1.82, 2.24) is 4.90 Å². The van der Waals surface area contributed by atoms with E-state index in [0.29, 0.717) is 6.54 Å². The molecule has 4 heteroatoms. The molecule has 0 radical (unpaired) electrons. The van der Waals surface area contributed by atoms with Crippen LogP contribution in [-0.4, -0.2) is 42.6 Å². The number of rotatable bonds is 4. The first-order valence-electron chi connectivity index (χ1n) is 6.80. The summed E-state index contributed by atoms with van der Waals surface area (Å²) in [6.07, 6.45) is 4.38. The lowest BCUT2D eigenvalue weighted by atomic mass is 9.80. The largest absolute Gasteiger partial charge is 0.371 e. The molecular weight excluding hydrogens is 216 g/mol. The van der Waals surface area contributed by atoms with Crippen LogP contribution in [0.15, 0.2) is 0 Å². The normalized spacial score (nSPS) is 28.5. The summed E-state index contributed by atoms with van der Waals surface area (Å²) in [7, 11) is 0. The van der Waals surface area contributed by atoms with Gasteiger partial charge >= 0.3 is 0 Å². The van der Waals surface area contributed by atoms with E-state index in [4.69, 9.17) is 10.5 Å². The summed E-state index contributed by atoms with van der Waals surface area (Å²) in [4.78, 5) is 14.6. The van der Waals surface area contributed by atoms with Crippen molar-refractivity contribution in [1.29, 1.82) is 0 Å². The summed E-state index contributed by atoms with van der Waals surface area (Å²) in [6, 6.07) is 0. The fourth-order valence-corrected chi connectivity index (χ4v) is 3.04. The van der Waals surface area contributed by atoms with E-state index >= 15 is 0 Å². The van der Waals surface area contributed by atoms with E-state index in [-0.39, 0.29) is 23.5 Å². The van der Waals surface area contributed by atoms with Gasteiger partial charge in [0.1, 0.15) is 0 Å².